The second-order valence-corrected chi connectivity index (χ2v) is 6.74. The number of carbonyl (C=O) groups is 1. The van der Waals surface area contributed by atoms with Gasteiger partial charge in [-0.1, -0.05) is 18.2 Å². The molecule has 4 rings (SSSR count). The molecule has 0 saturated carbocycles. The van der Waals surface area contributed by atoms with Crippen LogP contribution in [0.3, 0.4) is 0 Å². The largest absolute Gasteiger partial charge is 0.331 e. The van der Waals surface area contributed by atoms with E-state index >= 15 is 0 Å². The molecule has 7 heteroatoms. The summed E-state index contributed by atoms with van der Waals surface area (Å²) in [7, 11) is 0. The Bertz CT molecular complexity index is 1030. The first-order valence-corrected chi connectivity index (χ1v) is 9.00. The smallest absolute Gasteiger partial charge is 0.261 e. The summed E-state index contributed by atoms with van der Waals surface area (Å²) < 4.78 is 1.40. The van der Waals surface area contributed by atoms with Crippen LogP contribution in [-0.2, 0) is 11.3 Å². The fourth-order valence-electron chi connectivity index (χ4n) is 3.56. The molecule has 1 fully saturated rings. The Labute approximate surface area is 156 Å². The highest BCUT2D eigenvalue weighted by atomic mass is 16.2. The molecule has 0 aliphatic carbocycles. The highest BCUT2D eigenvalue weighted by Gasteiger charge is 2.28. The summed E-state index contributed by atoms with van der Waals surface area (Å²) >= 11 is 0. The number of rotatable bonds is 3. The molecular formula is C20H21N5O2. The number of hydrogen-bond acceptors (Lipinski definition) is 5. The van der Waals surface area contributed by atoms with Gasteiger partial charge in [-0.2, -0.15) is 0 Å². The second-order valence-electron chi connectivity index (χ2n) is 6.74. The molecule has 3 aromatic rings. The van der Waals surface area contributed by atoms with Crippen molar-refractivity contribution < 1.29 is 4.79 Å². The van der Waals surface area contributed by atoms with Crippen LogP contribution < -0.4 is 10.9 Å². The van der Waals surface area contributed by atoms with Crippen LogP contribution in [0.15, 0.2) is 53.8 Å². The second kappa shape index (κ2) is 7.28. The molecule has 1 aromatic carbocycles. The number of nitrogens with zero attached hydrogens (tertiary/aromatic N) is 4. The first kappa shape index (κ1) is 17.4. The average Bonchev–Trinajstić information content (AvgIpc) is 2.71. The maximum atomic E-state index is 13.0. The zero-order valence-electron chi connectivity index (χ0n) is 15.1. The minimum absolute atomic E-state index is 0.0214. The molecule has 3 heterocycles. The number of para-hydroxylation sites is 1. The molecule has 1 saturated heterocycles. The van der Waals surface area contributed by atoms with Gasteiger partial charge >= 0.3 is 0 Å². The third kappa shape index (κ3) is 3.33. The fraction of sp³-hybridized carbons (Fsp3) is 0.300. The average molecular weight is 363 g/mol. The van der Waals surface area contributed by atoms with E-state index in [0.717, 1.165) is 17.7 Å². The van der Waals surface area contributed by atoms with Gasteiger partial charge in [-0.3, -0.25) is 19.1 Å². The van der Waals surface area contributed by atoms with Crippen LogP contribution >= 0.6 is 0 Å². The third-order valence-electron chi connectivity index (χ3n) is 4.99. The number of amides is 1. The van der Waals surface area contributed by atoms with Gasteiger partial charge in [0.1, 0.15) is 6.54 Å². The van der Waals surface area contributed by atoms with Crippen LogP contribution in [0, 0.1) is 6.92 Å². The number of fused-ring (bicyclic) bond motifs is 1. The third-order valence-corrected chi connectivity index (χ3v) is 4.99. The molecule has 0 radical (unpaired) electrons. The van der Waals surface area contributed by atoms with E-state index in [1.54, 1.807) is 18.5 Å². The lowest BCUT2D eigenvalue weighted by atomic mass is 10.1. The Balaban J connectivity index is 1.62. The Morgan fingerprint density at radius 1 is 1.30 bits per heavy atom. The van der Waals surface area contributed by atoms with Crippen molar-refractivity contribution in [2.45, 2.75) is 19.5 Å². The first-order chi connectivity index (χ1) is 13.1. The number of benzene rings is 1. The molecule has 1 amide bonds. The highest BCUT2D eigenvalue weighted by Crippen LogP contribution is 2.21. The zero-order valence-corrected chi connectivity index (χ0v) is 15.1. The lowest BCUT2D eigenvalue weighted by molar-refractivity contribution is -0.135. The van der Waals surface area contributed by atoms with Crippen molar-refractivity contribution in [2.75, 3.05) is 19.6 Å². The quantitative estimate of drug-likeness (QED) is 0.758. The number of pyridine rings is 1. The summed E-state index contributed by atoms with van der Waals surface area (Å²) in [5.74, 6) is -0.0961. The Morgan fingerprint density at radius 2 is 2.19 bits per heavy atom. The van der Waals surface area contributed by atoms with Gasteiger partial charge in [0.25, 0.3) is 5.56 Å². The molecule has 0 spiro atoms. The van der Waals surface area contributed by atoms with Crippen molar-refractivity contribution in [1.29, 1.82) is 0 Å². The van der Waals surface area contributed by atoms with Crippen molar-refractivity contribution in [3.8, 4) is 0 Å². The van der Waals surface area contributed by atoms with Crippen LogP contribution in [0.25, 0.3) is 10.9 Å². The van der Waals surface area contributed by atoms with Crippen LogP contribution in [0.4, 0.5) is 0 Å². The molecule has 1 unspecified atom stereocenters. The monoisotopic (exact) mass is 363 g/mol. The van der Waals surface area contributed by atoms with Crippen molar-refractivity contribution in [1.82, 2.24) is 24.8 Å². The highest BCUT2D eigenvalue weighted by molar-refractivity contribution is 5.81. The summed E-state index contributed by atoms with van der Waals surface area (Å²) in [6.07, 6.45) is 4.97. The number of carbonyl (C=O) groups excluding carboxylic acids is 1. The topological polar surface area (TPSA) is 80.1 Å². The van der Waals surface area contributed by atoms with Crippen LogP contribution in [-0.4, -0.2) is 45.0 Å². The molecule has 27 heavy (non-hydrogen) atoms. The minimum Gasteiger partial charge on any atom is -0.331 e. The Hall–Kier alpha value is -3.06. The normalized spacial score (nSPS) is 17.2. The van der Waals surface area contributed by atoms with Gasteiger partial charge in [0.2, 0.25) is 5.91 Å². The standard InChI is InChI=1S/C20H21N5O2/c1-14-4-2-6-16-19(14)23-13-24(20(16)27)12-18(26)25-9-8-22-11-17(25)15-5-3-7-21-10-15/h2-7,10,13,17,22H,8-9,11-12H2,1H3. The van der Waals surface area contributed by atoms with Gasteiger partial charge in [-0.05, 0) is 30.2 Å². The number of hydrogen-bond donors (Lipinski definition) is 1. The molecule has 1 aliphatic heterocycles. The molecule has 1 atom stereocenters. The SMILES string of the molecule is Cc1cccc2c(=O)n(CC(=O)N3CCNCC3c3cccnc3)cnc12. The number of aromatic nitrogens is 3. The minimum atomic E-state index is -0.190. The predicted molar refractivity (Wildman–Crippen MR) is 102 cm³/mol. The van der Waals surface area contributed by atoms with E-state index in [9.17, 15) is 9.59 Å². The van der Waals surface area contributed by atoms with Gasteiger partial charge in [-0.15, -0.1) is 0 Å². The van der Waals surface area contributed by atoms with E-state index in [1.807, 2.05) is 36.1 Å². The van der Waals surface area contributed by atoms with Crippen LogP contribution in [0.1, 0.15) is 17.2 Å². The summed E-state index contributed by atoms with van der Waals surface area (Å²) in [6, 6.07) is 9.25. The molecule has 1 N–H and O–H groups in total. The molecule has 7 nitrogen and oxygen atoms in total. The number of piperazine rings is 1. The summed E-state index contributed by atoms with van der Waals surface area (Å²) in [5.41, 5.74) is 2.42. The molecular weight excluding hydrogens is 342 g/mol. The van der Waals surface area contributed by atoms with Crippen molar-refractivity contribution in [2.24, 2.45) is 0 Å². The Kier molecular flexibility index (Phi) is 4.68. The zero-order chi connectivity index (χ0) is 18.8. The van der Waals surface area contributed by atoms with Crippen LogP contribution in [0.5, 0.6) is 0 Å². The fourth-order valence-corrected chi connectivity index (χ4v) is 3.56. The molecule has 0 bridgehead atoms. The van der Waals surface area contributed by atoms with Gasteiger partial charge < -0.3 is 10.2 Å². The van der Waals surface area contributed by atoms with E-state index < -0.39 is 0 Å². The van der Waals surface area contributed by atoms with Gasteiger partial charge in [0, 0.05) is 32.0 Å². The van der Waals surface area contributed by atoms with Crippen LogP contribution in [0.2, 0.25) is 0 Å². The number of nitrogens with one attached hydrogen (secondary N) is 1. The van der Waals surface area contributed by atoms with E-state index in [4.69, 9.17) is 0 Å². The summed E-state index contributed by atoms with van der Waals surface area (Å²) in [6.45, 7) is 3.89. The van der Waals surface area contributed by atoms with E-state index in [2.05, 4.69) is 15.3 Å². The molecule has 1 aliphatic rings. The molecule has 138 valence electrons. The van der Waals surface area contributed by atoms with Gasteiger partial charge in [-0.25, -0.2) is 4.98 Å². The van der Waals surface area contributed by atoms with Crippen molar-refractivity contribution in [3.05, 3.63) is 70.5 Å². The lowest BCUT2D eigenvalue weighted by Gasteiger charge is -2.36. The van der Waals surface area contributed by atoms with Gasteiger partial charge in [0.15, 0.2) is 0 Å². The Morgan fingerprint density at radius 3 is 3.00 bits per heavy atom. The predicted octanol–water partition coefficient (Wildman–Crippen LogP) is 1.27. The first-order valence-electron chi connectivity index (χ1n) is 9.00. The summed E-state index contributed by atoms with van der Waals surface area (Å²) in [5, 5.41) is 3.86. The van der Waals surface area contributed by atoms with Gasteiger partial charge in [0.05, 0.1) is 23.3 Å². The molecule has 2 aromatic heterocycles. The van der Waals surface area contributed by atoms with Crippen molar-refractivity contribution >= 4 is 16.8 Å². The number of aryl methyl sites for hydroxylation is 1. The van der Waals surface area contributed by atoms with Crippen molar-refractivity contribution in [3.63, 3.8) is 0 Å². The summed E-state index contributed by atoms with van der Waals surface area (Å²) in [4.78, 5) is 36.1. The van der Waals surface area contributed by atoms with E-state index in [-0.39, 0.29) is 24.1 Å². The van der Waals surface area contributed by atoms with E-state index in [0.29, 0.717) is 24.0 Å². The lowest BCUT2D eigenvalue weighted by Crippen LogP contribution is -2.50. The maximum absolute atomic E-state index is 13.0. The maximum Gasteiger partial charge on any atom is 0.261 e. The van der Waals surface area contributed by atoms with E-state index in [1.165, 1.54) is 10.9 Å².